The van der Waals surface area contributed by atoms with Gasteiger partial charge in [0.25, 0.3) is 0 Å². The molecule has 0 saturated carbocycles. The monoisotopic (exact) mass is 1020 g/mol. The Morgan fingerprint density at radius 3 is 1.69 bits per heavy atom. The number of methoxy groups -OCH3 is 2. The zero-order valence-electron chi connectivity index (χ0n) is 43.5. The summed E-state index contributed by atoms with van der Waals surface area (Å²) in [6, 6.07) is 2.76. The van der Waals surface area contributed by atoms with E-state index in [2.05, 4.69) is 20.2 Å². The van der Waals surface area contributed by atoms with Gasteiger partial charge in [0.05, 0.1) is 99.6 Å². The maximum Gasteiger partial charge on any atom is 0.410 e. The highest BCUT2D eigenvalue weighted by atomic mass is 19.1. The zero-order valence-corrected chi connectivity index (χ0v) is 43.5. The van der Waals surface area contributed by atoms with E-state index >= 15 is 0 Å². The molecule has 0 bridgehead atoms. The topological polar surface area (TPSA) is 193 Å². The number of rotatable bonds is 10. The molecule has 10 heterocycles. The van der Waals surface area contributed by atoms with Crippen LogP contribution < -0.4 is 9.47 Å². The fourth-order valence-electron chi connectivity index (χ4n) is 9.79. The Morgan fingerprint density at radius 2 is 1.15 bits per heavy atom. The molecule has 396 valence electrons. The highest BCUT2D eigenvalue weighted by molar-refractivity contribution is 5.69. The van der Waals surface area contributed by atoms with E-state index in [0.717, 1.165) is 57.9 Å². The van der Waals surface area contributed by atoms with E-state index in [1.807, 2.05) is 75.7 Å². The molecule has 4 aliphatic heterocycles. The molecule has 4 aliphatic rings. The van der Waals surface area contributed by atoms with Crippen molar-refractivity contribution in [3.8, 4) is 45.6 Å². The van der Waals surface area contributed by atoms with Crippen molar-refractivity contribution in [3.05, 3.63) is 83.5 Å². The number of ether oxygens (including phenoxy) is 6. The van der Waals surface area contributed by atoms with Crippen molar-refractivity contribution >= 4 is 12.2 Å². The molecule has 0 N–H and O–H groups in total. The molecule has 2 amide bonds. The standard InChI is InChI=1S/2C26H33FN6O4/c1-26(2,3)37-25(34)31-8-5-17(14-31)15-32-16-18(12-29-32)23-20-6-9-36-10-7-22(20)33(30-23)19-11-21(27)24(35-4)28-13-19;1-26(2,3)37-25(34)31-8-5-17(14-31)15-32-16-18(12-29-32)23-20-6-9-36-10-7-22(20)30-33(23)19-11-21(27)24(35-4)28-13-19/h2*11-13,16-17H,5-10,14-15H2,1-4H3. The van der Waals surface area contributed by atoms with Crippen LogP contribution in [0.5, 0.6) is 11.8 Å². The van der Waals surface area contributed by atoms with Crippen LogP contribution in [-0.4, -0.2) is 149 Å². The molecule has 2 saturated heterocycles. The van der Waals surface area contributed by atoms with Crippen LogP contribution in [0.3, 0.4) is 0 Å². The first-order chi connectivity index (χ1) is 35.4. The minimum absolute atomic E-state index is 0.0519. The number of carbonyl (C=O) groups excluding carboxylic acids is 2. The molecular weight excluding hydrogens is 959 g/mol. The lowest BCUT2D eigenvalue weighted by Gasteiger charge is -2.24. The number of hydrogen-bond acceptors (Lipinski definition) is 14. The molecule has 0 spiro atoms. The van der Waals surface area contributed by atoms with Gasteiger partial charge in [-0.3, -0.25) is 9.36 Å². The Labute approximate surface area is 428 Å². The fraction of sp³-hybridized carbons (Fsp3) is 0.538. The van der Waals surface area contributed by atoms with Gasteiger partial charge in [0.1, 0.15) is 11.2 Å². The highest BCUT2D eigenvalue weighted by Crippen LogP contribution is 2.34. The van der Waals surface area contributed by atoms with E-state index in [9.17, 15) is 18.4 Å². The lowest BCUT2D eigenvalue weighted by atomic mass is 10.0. The minimum Gasteiger partial charge on any atom is -0.479 e. The molecule has 2 unspecified atom stereocenters. The van der Waals surface area contributed by atoms with Crippen LogP contribution in [0.1, 0.15) is 76.9 Å². The number of hydrogen-bond donors (Lipinski definition) is 0. The van der Waals surface area contributed by atoms with Crippen LogP contribution in [0, 0.1) is 23.5 Å². The van der Waals surface area contributed by atoms with E-state index in [-0.39, 0.29) is 35.8 Å². The second-order valence-corrected chi connectivity index (χ2v) is 21.0. The first-order valence-corrected chi connectivity index (χ1v) is 25.2. The maximum atomic E-state index is 14.5. The van der Waals surface area contributed by atoms with Crippen LogP contribution in [-0.2, 0) is 57.7 Å². The van der Waals surface area contributed by atoms with Gasteiger partial charge >= 0.3 is 12.2 Å². The molecule has 0 radical (unpaired) electrons. The third-order valence-corrected chi connectivity index (χ3v) is 13.2. The largest absolute Gasteiger partial charge is 0.479 e. The Kier molecular flexibility index (Phi) is 15.4. The van der Waals surface area contributed by atoms with Crippen LogP contribution >= 0.6 is 0 Å². The highest BCUT2D eigenvalue weighted by Gasteiger charge is 2.33. The van der Waals surface area contributed by atoms with E-state index in [1.165, 1.54) is 26.4 Å². The van der Waals surface area contributed by atoms with Gasteiger partial charge < -0.3 is 38.2 Å². The quantitative estimate of drug-likeness (QED) is 0.133. The van der Waals surface area contributed by atoms with E-state index in [4.69, 9.17) is 38.6 Å². The van der Waals surface area contributed by atoms with Crippen LogP contribution in [0.4, 0.5) is 18.4 Å². The summed E-state index contributed by atoms with van der Waals surface area (Å²) >= 11 is 0. The second kappa shape index (κ2) is 21.9. The van der Waals surface area contributed by atoms with E-state index in [1.54, 1.807) is 31.6 Å². The number of carbonyl (C=O) groups is 2. The molecule has 6 aromatic heterocycles. The third-order valence-electron chi connectivity index (χ3n) is 13.2. The first-order valence-electron chi connectivity index (χ1n) is 25.2. The van der Waals surface area contributed by atoms with Crippen LogP contribution in [0.15, 0.2) is 49.3 Å². The molecule has 10 rings (SSSR count). The number of likely N-dealkylation sites (tertiary alicyclic amines) is 2. The Balaban J connectivity index is 0.000000182. The SMILES string of the molecule is COc1ncc(-n2nc(-c3cnn(CC4CCN(C(=O)OC(C)(C)C)C4)c3)c3c2CCOCC3)cc1F.COc1ncc(-n2nc3c(c2-c2cnn(CC4CCN(C(=O)OC(C)(C)C)C4)c2)CCOCC3)cc1F. The average Bonchev–Trinajstić information content (AvgIpc) is 4.23. The summed E-state index contributed by atoms with van der Waals surface area (Å²) in [5.74, 6) is -0.639. The summed E-state index contributed by atoms with van der Waals surface area (Å²) in [6.45, 7) is 17.6. The van der Waals surface area contributed by atoms with Gasteiger partial charge in [0, 0.05) is 98.9 Å². The Hall–Kier alpha value is -6.94. The molecule has 20 nitrogen and oxygen atoms in total. The van der Waals surface area contributed by atoms with Crippen molar-refractivity contribution in [1.29, 1.82) is 0 Å². The number of aromatic nitrogens is 10. The Bertz CT molecular complexity index is 2950. The van der Waals surface area contributed by atoms with E-state index in [0.29, 0.717) is 103 Å². The molecule has 0 aromatic carbocycles. The smallest absolute Gasteiger partial charge is 0.410 e. The van der Waals surface area contributed by atoms with Crippen molar-refractivity contribution in [2.45, 2.75) is 104 Å². The summed E-state index contributed by atoms with van der Waals surface area (Å²) in [4.78, 5) is 36.6. The molecule has 22 heteroatoms. The lowest BCUT2D eigenvalue weighted by Crippen LogP contribution is -2.35. The van der Waals surface area contributed by atoms with Gasteiger partial charge in [0.2, 0.25) is 11.8 Å². The van der Waals surface area contributed by atoms with Crippen LogP contribution in [0.2, 0.25) is 0 Å². The molecule has 2 fully saturated rings. The first kappa shape index (κ1) is 51.9. The Morgan fingerprint density at radius 1 is 0.649 bits per heavy atom. The maximum absolute atomic E-state index is 14.5. The summed E-state index contributed by atoms with van der Waals surface area (Å²) in [6.07, 6.45) is 14.7. The average molecular weight is 1030 g/mol. The third kappa shape index (κ3) is 12.0. The normalized spacial score (nSPS) is 18.0. The molecule has 2 atom stereocenters. The second-order valence-electron chi connectivity index (χ2n) is 21.0. The van der Waals surface area contributed by atoms with Crippen molar-refractivity contribution in [1.82, 2.24) is 58.9 Å². The fourth-order valence-corrected chi connectivity index (χ4v) is 9.79. The molecule has 0 aliphatic carbocycles. The number of pyridine rings is 2. The molecule has 6 aromatic rings. The van der Waals surface area contributed by atoms with Gasteiger partial charge in [-0.1, -0.05) is 0 Å². The summed E-state index contributed by atoms with van der Waals surface area (Å²) in [7, 11) is 2.77. The molecule has 74 heavy (non-hydrogen) atoms. The number of fused-ring (bicyclic) bond motifs is 2. The van der Waals surface area contributed by atoms with Crippen molar-refractivity contribution < 1.29 is 46.8 Å². The zero-order chi connectivity index (χ0) is 52.3. The van der Waals surface area contributed by atoms with Gasteiger partial charge in [-0.25, -0.2) is 37.7 Å². The van der Waals surface area contributed by atoms with Gasteiger partial charge in [-0.05, 0) is 79.1 Å². The minimum atomic E-state index is -0.550. The number of nitrogens with zero attached hydrogens (tertiary/aromatic N) is 12. The predicted octanol–water partition coefficient (Wildman–Crippen LogP) is 7.30. The summed E-state index contributed by atoms with van der Waals surface area (Å²) in [5.41, 5.74) is 7.53. The van der Waals surface area contributed by atoms with Gasteiger partial charge in [0.15, 0.2) is 11.6 Å². The van der Waals surface area contributed by atoms with Gasteiger partial charge in [-0.15, -0.1) is 0 Å². The van der Waals surface area contributed by atoms with Crippen LogP contribution in [0.25, 0.3) is 33.9 Å². The van der Waals surface area contributed by atoms with Gasteiger partial charge in [-0.2, -0.15) is 20.4 Å². The lowest BCUT2D eigenvalue weighted by molar-refractivity contribution is 0.0276. The number of halogens is 2. The van der Waals surface area contributed by atoms with Crippen molar-refractivity contribution in [3.63, 3.8) is 0 Å². The summed E-state index contributed by atoms with van der Waals surface area (Å²) < 4.78 is 68.6. The number of amides is 2. The summed E-state index contributed by atoms with van der Waals surface area (Å²) in [5, 5.41) is 18.9. The van der Waals surface area contributed by atoms with Crippen molar-refractivity contribution in [2.24, 2.45) is 11.8 Å². The predicted molar refractivity (Wildman–Crippen MR) is 266 cm³/mol. The van der Waals surface area contributed by atoms with Crippen molar-refractivity contribution in [2.75, 3.05) is 66.8 Å². The molecular formula is C52H66F2N12O8. The van der Waals surface area contributed by atoms with E-state index < -0.39 is 22.8 Å².